The molecule has 0 aromatic carbocycles. The van der Waals surface area contributed by atoms with E-state index in [1.54, 1.807) is 7.11 Å². The molecule has 2 aliphatic rings. The van der Waals surface area contributed by atoms with Gasteiger partial charge >= 0.3 is 6.03 Å². The summed E-state index contributed by atoms with van der Waals surface area (Å²) in [4.78, 5) is 12.3. The Morgan fingerprint density at radius 3 is 2.05 bits per heavy atom. The van der Waals surface area contributed by atoms with Crippen LogP contribution in [0.1, 0.15) is 64.7 Å². The molecule has 0 spiro atoms. The van der Waals surface area contributed by atoms with Crippen LogP contribution < -0.4 is 10.6 Å². The van der Waals surface area contributed by atoms with Gasteiger partial charge in [-0.25, -0.2) is 4.79 Å². The number of amides is 2. The summed E-state index contributed by atoms with van der Waals surface area (Å²) in [6.45, 7) is 2.73. The highest BCUT2D eigenvalue weighted by Gasteiger charge is 2.34. The van der Waals surface area contributed by atoms with Gasteiger partial charge in [-0.3, -0.25) is 0 Å². The van der Waals surface area contributed by atoms with Crippen LogP contribution in [0.5, 0.6) is 0 Å². The van der Waals surface area contributed by atoms with Gasteiger partial charge in [0.05, 0.1) is 0 Å². The second-order valence-corrected chi connectivity index (χ2v) is 6.92. The van der Waals surface area contributed by atoms with Crippen LogP contribution in [0.4, 0.5) is 4.79 Å². The van der Waals surface area contributed by atoms with Crippen molar-refractivity contribution in [2.75, 3.05) is 13.7 Å². The lowest BCUT2D eigenvalue weighted by Gasteiger charge is -2.30. The molecule has 2 rings (SSSR count). The molecule has 0 saturated heterocycles. The minimum atomic E-state index is 0.0161. The first-order valence-electron chi connectivity index (χ1n) is 8.76. The fraction of sp³-hybridized carbons (Fsp3) is 0.941. The molecule has 1 unspecified atom stereocenters. The van der Waals surface area contributed by atoms with Gasteiger partial charge in [0.15, 0.2) is 0 Å². The van der Waals surface area contributed by atoms with Crippen LogP contribution in [0.2, 0.25) is 0 Å². The van der Waals surface area contributed by atoms with E-state index in [1.807, 2.05) is 6.92 Å². The molecule has 21 heavy (non-hydrogen) atoms. The van der Waals surface area contributed by atoms with E-state index >= 15 is 0 Å². The summed E-state index contributed by atoms with van der Waals surface area (Å²) < 4.78 is 5.07. The summed E-state index contributed by atoms with van der Waals surface area (Å²) >= 11 is 0. The summed E-state index contributed by atoms with van der Waals surface area (Å²) in [5.74, 6) is 1.40. The molecule has 122 valence electrons. The Labute approximate surface area is 129 Å². The lowest BCUT2D eigenvalue weighted by Crippen LogP contribution is -2.50. The summed E-state index contributed by atoms with van der Waals surface area (Å²) in [6, 6.07) is 0.574. The van der Waals surface area contributed by atoms with E-state index in [4.69, 9.17) is 4.74 Å². The van der Waals surface area contributed by atoms with Crippen molar-refractivity contribution < 1.29 is 9.53 Å². The fourth-order valence-electron chi connectivity index (χ4n) is 4.04. The number of carbonyl (C=O) groups excluding carboxylic acids is 1. The summed E-state index contributed by atoms with van der Waals surface area (Å²) in [7, 11) is 1.70. The number of ether oxygens (including phenoxy) is 1. The van der Waals surface area contributed by atoms with Gasteiger partial charge in [-0.05, 0) is 50.9 Å². The Hall–Kier alpha value is -0.770. The number of urea groups is 1. The zero-order chi connectivity index (χ0) is 15.1. The third-order valence-corrected chi connectivity index (χ3v) is 5.25. The second kappa shape index (κ2) is 8.62. The summed E-state index contributed by atoms with van der Waals surface area (Å²) in [6.07, 6.45) is 11.4. The molecule has 0 radical (unpaired) electrons. The zero-order valence-corrected chi connectivity index (χ0v) is 13.7. The van der Waals surface area contributed by atoms with Crippen molar-refractivity contribution in [3.63, 3.8) is 0 Å². The minimum absolute atomic E-state index is 0.0161. The Kier molecular flexibility index (Phi) is 6.81. The van der Waals surface area contributed by atoms with Gasteiger partial charge in [0.25, 0.3) is 0 Å². The Morgan fingerprint density at radius 2 is 1.57 bits per heavy atom. The molecular formula is C17H32N2O2. The van der Waals surface area contributed by atoms with E-state index in [0.717, 1.165) is 6.42 Å². The van der Waals surface area contributed by atoms with Crippen LogP contribution >= 0.6 is 0 Å². The number of methoxy groups -OCH3 is 1. The van der Waals surface area contributed by atoms with Crippen molar-refractivity contribution in [2.45, 2.75) is 76.8 Å². The van der Waals surface area contributed by atoms with Gasteiger partial charge in [0.1, 0.15) is 0 Å². The lowest BCUT2D eigenvalue weighted by molar-refractivity contribution is 0.181. The molecular weight excluding hydrogens is 264 g/mol. The standard InChI is InChI=1S/C17H32N2O2/c1-13(11-12-21-2)18-17(20)19-16(14-7-3-4-8-14)15-9-5-6-10-15/h13-16H,3-12H2,1-2H3,(H2,18,19,20). The number of rotatable bonds is 7. The Bertz CT molecular complexity index is 294. The lowest BCUT2D eigenvalue weighted by atomic mass is 9.86. The van der Waals surface area contributed by atoms with E-state index in [-0.39, 0.29) is 12.1 Å². The molecule has 1 atom stereocenters. The van der Waals surface area contributed by atoms with Crippen LogP contribution in [-0.2, 0) is 4.74 Å². The molecule has 0 aliphatic heterocycles. The smallest absolute Gasteiger partial charge is 0.315 e. The van der Waals surface area contributed by atoms with Crippen molar-refractivity contribution in [3.05, 3.63) is 0 Å². The largest absolute Gasteiger partial charge is 0.385 e. The van der Waals surface area contributed by atoms with Gasteiger partial charge in [-0.2, -0.15) is 0 Å². The Morgan fingerprint density at radius 1 is 1.05 bits per heavy atom. The van der Waals surface area contributed by atoms with Crippen LogP contribution in [-0.4, -0.2) is 31.8 Å². The van der Waals surface area contributed by atoms with E-state index in [0.29, 0.717) is 24.5 Å². The molecule has 2 saturated carbocycles. The highest BCUT2D eigenvalue weighted by atomic mass is 16.5. The molecule has 4 nitrogen and oxygen atoms in total. The maximum atomic E-state index is 12.3. The average molecular weight is 296 g/mol. The average Bonchev–Trinajstić information content (AvgIpc) is 3.15. The van der Waals surface area contributed by atoms with Gasteiger partial charge in [0, 0.05) is 25.8 Å². The van der Waals surface area contributed by atoms with E-state index in [1.165, 1.54) is 51.4 Å². The van der Waals surface area contributed by atoms with E-state index < -0.39 is 0 Å². The van der Waals surface area contributed by atoms with Crippen molar-refractivity contribution in [3.8, 4) is 0 Å². The van der Waals surface area contributed by atoms with Crippen molar-refractivity contribution in [1.82, 2.24) is 10.6 Å². The van der Waals surface area contributed by atoms with Crippen LogP contribution in [0.3, 0.4) is 0 Å². The molecule has 0 aromatic rings. The highest BCUT2D eigenvalue weighted by Crippen LogP contribution is 2.37. The number of hydrogen-bond acceptors (Lipinski definition) is 2. The zero-order valence-electron chi connectivity index (χ0n) is 13.7. The SMILES string of the molecule is COCCC(C)NC(=O)NC(C1CCCC1)C1CCCC1. The van der Waals surface area contributed by atoms with Crippen LogP contribution in [0, 0.1) is 11.8 Å². The Balaban J connectivity index is 1.83. The predicted octanol–water partition coefficient (Wildman–Crippen LogP) is 3.46. The molecule has 0 bridgehead atoms. The number of nitrogens with one attached hydrogen (secondary N) is 2. The highest BCUT2D eigenvalue weighted by molar-refractivity contribution is 5.74. The molecule has 0 heterocycles. The molecule has 2 fully saturated rings. The van der Waals surface area contributed by atoms with Crippen molar-refractivity contribution in [1.29, 1.82) is 0 Å². The quantitative estimate of drug-likeness (QED) is 0.756. The molecule has 0 aromatic heterocycles. The van der Waals surface area contributed by atoms with Crippen LogP contribution in [0.25, 0.3) is 0 Å². The maximum absolute atomic E-state index is 12.3. The fourth-order valence-corrected chi connectivity index (χ4v) is 4.04. The third kappa shape index (κ3) is 5.17. The molecule has 4 heteroatoms. The van der Waals surface area contributed by atoms with Gasteiger partial charge < -0.3 is 15.4 Å². The van der Waals surface area contributed by atoms with Gasteiger partial charge in [-0.15, -0.1) is 0 Å². The number of carbonyl (C=O) groups is 1. The van der Waals surface area contributed by atoms with Gasteiger partial charge in [-0.1, -0.05) is 25.7 Å². The predicted molar refractivity (Wildman–Crippen MR) is 85.3 cm³/mol. The minimum Gasteiger partial charge on any atom is -0.385 e. The van der Waals surface area contributed by atoms with E-state index in [2.05, 4.69) is 10.6 Å². The first kappa shape index (κ1) is 16.6. The molecule has 2 aliphatic carbocycles. The van der Waals surface area contributed by atoms with Crippen molar-refractivity contribution >= 4 is 6.03 Å². The summed E-state index contributed by atoms with van der Waals surface area (Å²) in [5.41, 5.74) is 0. The normalized spacial score (nSPS) is 21.9. The third-order valence-electron chi connectivity index (χ3n) is 5.25. The van der Waals surface area contributed by atoms with Gasteiger partial charge in [0.2, 0.25) is 0 Å². The molecule has 2 amide bonds. The number of hydrogen-bond donors (Lipinski definition) is 2. The first-order chi connectivity index (χ1) is 10.2. The second-order valence-electron chi connectivity index (χ2n) is 6.92. The van der Waals surface area contributed by atoms with Crippen LogP contribution in [0.15, 0.2) is 0 Å². The maximum Gasteiger partial charge on any atom is 0.315 e. The summed E-state index contributed by atoms with van der Waals surface area (Å²) in [5, 5.41) is 6.38. The topological polar surface area (TPSA) is 50.4 Å². The monoisotopic (exact) mass is 296 g/mol. The van der Waals surface area contributed by atoms with Crippen molar-refractivity contribution in [2.24, 2.45) is 11.8 Å². The first-order valence-corrected chi connectivity index (χ1v) is 8.76. The van der Waals surface area contributed by atoms with E-state index in [9.17, 15) is 4.79 Å². The molecule has 2 N–H and O–H groups in total.